The van der Waals surface area contributed by atoms with E-state index >= 15 is 0 Å². The average molecular weight is 270 g/mol. The van der Waals surface area contributed by atoms with Gasteiger partial charge in [0.15, 0.2) is 0 Å². The van der Waals surface area contributed by atoms with E-state index < -0.39 is 0 Å². The molecule has 4 bridgehead atoms. The minimum absolute atomic E-state index is 0.298. The fourth-order valence-corrected chi connectivity index (χ4v) is 5.61. The van der Waals surface area contributed by atoms with Crippen LogP contribution in [0.25, 0.3) is 0 Å². The summed E-state index contributed by atoms with van der Waals surface area (Å²) in [7, 11) is 0. The first-order valence-electron chi connectivity index (χ1n) is 7.86. The molecule has 1 aromatic rings. The Hall–Kier alpha value is -1.34. The molecule has 0 radical (unpaired) electrons. The van der Waals surface area contributed by atoms with Gasteiger partial charge in [-0.3, -0.25) is 4.68 Å². The third-order valence-electron chi connectivity index (χ3n) is 5.84. The molecular weight excluding hydrogens is 248 g/mol. The van der Waals surface area contributed by atoms with E-state index in [-0.39, 0.29) is 0 Å². The number of hydrogen-bond acceptors (Lipinski definition) is 3. The Bertz CT molecular complexity index is 530. The van der Waals surface area contributed by atoms with Gasteiger partial charge >= 0.3 is 0 Å². The second-order valence-corrected chi connectivity index (χ2v) is 7.24. The van der Waals surface area contributed by atoms with Crippen LogP contribution in [0.1, 0.15) is 49.9 Å². The minimum atomic E-state index is 0.298. The zero-order valence-corrected chi connectivity index (χ0v) is 11.9. The zero-order chi connectivity index (χ0) is 13.7. The average Bonchev–Trinajstić information content (AvgIpc) is 2.81. The summed E-state index contributed by atoms with van der Waals surface area (Å²) in [6, 6.07) is 4.44. The highest BCUT2D eigenvalue weighted by atomic mass is 15.3. The summed E-state index contributed by atoms with van der Waals surface area (Å²) < 4.78 is 1.94. The van der Waals surface area contributed by atoms with E-state index in [9.17, 15) is 0 Å². The van der Waals surface area contributed by atoms with Gasteiger partial charge in [-0.15, -0.1) is 0 Å². The molecule has 0 aromatic carbocycles. The molecule has 0 amide bonds. The molecule has 106 valence electrons. The van der Waals surface area contributed by atoms with Crippen LogP contribution in [0.3, 0.4) is 0 Å². The molecule has 0 spiro atoms. The molecule has 4 fully saturated rings. The molecule has 5 rings (SSSR count). The van der Waals surface area contributed by atoms with Gasteiger partial charge in [0.05, 0.1) is 11.8 Å². The van der Waals surface area contributed by atoms with Crippen LogP contribution in [0.2, 0.25) is 0 Å². The monoisotopic (exact) mass is 270 g/mol. The molecular formula is C16H22N4. The van der Waals surface area contributed by atoms with Gasteiger partial charge in [0, 0.05) is 17.7 Å². The van der Waals surface area contributed by atoms with Gasteiger partial charge in [0.25, 0.3) is 0 Å². The Labute approximate surface area is 119 Å². The van der Waals surface area contributed by atoms with Gasteiger partial charge in [-0.2, -0.15) is 10.4 Å². The molecule has 20 heavy (non-hydrogen) atoms. The molecule has 0 atom stereocenters. The van der Waals surface area contributed by atoms with Crippen molar-refractivity contribution in [3.63, 3.8) is 0 Å². The first-order valence-corrected chi connectivity index (χ1v) is 7.86. The van der Waals surface area contributed by atoms with Crippen molar-refractivity contribution in [2.24, 2.45) is 23.5 Å². The predicted octanol–water partition coefficient (Wildman–Crippen LogP) is 2.33. The fraction of sp³-hybridized carbons (Fsp3) is 0.750. The number of nitriles is 1. The smallest absolute Gasteiger partial charge is 0.128 e. The van der Waals surface area contributed by atoms with Crippen LogP contribution in [-0.4, -0.2) is 9.78 Å². The lowest BCUT2D eigenvalue weighted by Gasteiger charge is -2.56. The van der Waals surface area contributed by atoms with Crippen LogP contribution in [-0.2, 0) is 18.5 Å². The Morgan fingerprint density at radius 2 is 1.85 bits per heavy atom. The van der Waals surface area contributed by atoms with Gasteiger partial charge in [0.2, 0.25) is 0 Å². The second-order valence-electron chi connectivity index (χ2n) is 7.24. The number of hydrogen-bond donors (Lipinski definition) is 1. The predicted molar refractivity (Wildman–Crippen MR) is 75.6 cm³/mol. The van der Waals surface area contributed by atoms with Crippen molar-refractivity contribution < 1.29 is 0 Å². The Kier molecular flexibility index (Phi) is 2.68. The van der Waals surface area contributed by atoms with E-state index in [1.807, 2.05) is 4.68 Å². The lowest BCUT2D eigenvalue weighted by Crippen LogP contribution is -2.49. The molecule has 4 heteroatoms. The highest BCUT2D eigenvalue weighted by Gasteiger charge is 2.52. The highest BCUT2D eigenvalue weighted by molar-refractivity contribution is 5.26. The van der Waals surface area contributed by atoms with Crippen LogP contribution < -0.4 is 5.73 Å². The maximum atomic E-state index is 9.07. The van der Waals surface area contributed by atoms with Crippen molar-refractivity contribution in [2.75, 3.05) is 0 Å². The lowest BCUT2D eigenvalue weighted by molar-refractivity contribution is -0.00908. The second kappa shape index (κ2) is 4.33. The molecule has 1 aromatic heterocycles. The summed E-state index contributed by atoms with van der Waals surface area (Å²) in [4.78, 5) is 0. The summed E-state index contributed by atoms with van der Waals surface area (Å²) in [6.45, 7) is 0.828. The summed E-state index contributed by atoms with van der Waals surface area (Å²) in [5.74, 6) is 2.73. The quantitative estimate of drug-likeness (QED) is 0.916. The SMILES string of the molecule is N#CCn1nc(CN)cc1C12CC3CC(CC(C3)C1)C2. The highest BCUT2D eigenvalue weighted by Crippen LogP contribution is 2.60. The molecule has 0 saturated heterocycles. The third-order valence-corrected chi connectivity index (χ3v) is 5.84. The topological polar surface area (TPSA) is 67.6 Å². The zero-order valence-electron chi connectivity index (χ0n) is 11.9. The van der Waals surface area contributed by atoms with E-state index in [2.05, 4.69) is 17.2 Å². The van der Waals surface area contributed by atoms with Crippen molar-refractivity contribution in [1.82, 2.24) is 9.78 Å². The lowest BCUT2D eigenvalue weighted by atomic mass is 9.49. The molecule has 4 saturated carbocycles. The van der Waals surface area contributed by atoms with Crippen LogP contribution in [0.5, 0.6) is 0 Å². The molecule has 1 heterocycles. The van der Waals surface area contributed by atoms with E-state index in [1.54, 1.807) is 0 Å². The molecule has 4 aliphatic carbocycles. The molecule has 2 N–H and O–H groups in total. The fourth-order valence-electron chi connectivity index (χ4n) is 5.61. The van der Waals surface area contributed by atoms with Crippen LogP contribution in [0.15, 0.2) is 6.07 Å². The normalized spacial score (nSPS) is 38.1. The first kappa shape index (κ1) is 12.4. The van der Waals surface area contributed by atoms with E-state index in [0.29, 0.717) is 18.5 Å². The van der Waals surface area contributed by atoms with E-state index in [4.69, 9.17) is 11.0 Å². The standard InChI is InChI=1S/C16H22N4/c17-1-2-20-15(6-14(10-18)19-20)16-7-11-3-12(8-16)5-13(4-11)9-16/h6,11-13H,2-5,7-10,18H2. The molecule has 4 nitrogen and oxygen atoms in total. The summed E-state index contributed by atoms with van der Waals surface area (Å²) in [5, 5.41) is 13.6. The number of aromatic nitrogens is 2. The Morgan fingerprint density at radius 3 is 2.35 bits per heavy atom. The van der Waals surface area contributed by atoms with Crippen LogP contribution in [0.4, 0.5) is 0 Å². The summed E-state index contributed by atoms with van der Waals surface area (Å²) in [6.07, 6.45) is 8.24. The Morgan fingerprint density at radius 1 is 1.25 bits per heavy atom. The van der Waals surface area contributed by atoms with Gasteiger partial charge < -0.3 is 5.73 Å². The van der Waals surface area contributed by atoms with Crippen molar-refractivity contribution >= 4 is 0 Å². The third kappa shape index (κ3) is 1.73. The summed E-state index contributed by atoms with van der Waals surface area (Å²) in [5.41, 5.74) is 8.30. The molecule has 0 unspecified atom stereocenters. The largest absolute Gasteiger partial charge is 0.325 e. The minimum Gasteiger partial charge on any atom is -0.325 e. The van der Waals surface area contributed by atoms with Gasteiger partial charge in [-0.25, -0.2) is 0 Å². The maximum Gasteiger partial charge on any atom is 0.128 e. The number of rotatable bonds is 3. The maximum absolute atomic E-state index is 9.07. The van der Waals surface area contributed by atoms with Crippen molar-refractivity contribution in [3.05, 3.63) is 17.5 Å². The molecule has 0 aliphatic heterocycles. The van der Waals surface area contributed by atoms with Crippen molar-refractivity contribution in [2.45, 2.75) is 57.0 Å². The molecule has 4 aliphatic rings. The van der Waals surface area contributed by atoms with Crippen LogP contribution in [0, 0.1) is 29.1 Å². The van der Waals surface area contributed by atoms with E-state index in [1.165, 1.54) is 44.2 Å². The van der Waals surface area contributed by atoms with Crippen molar-refractivity contribution in [3.8, 4) is 6.07 Å². The van der Waals surface area contributed by atoms with Gasteiger partial charge in [0.1, 0.15) is 6.54 Å². The van der Waals surface area contributed by atoms with Crippen molar-refractivity contribution in [1.29, 1.82) is 5.26 Å². The summed E-state index contributed by atoms with van der Waals surface area (Å²) >= 11 is 0. The first-order chi connectivity index (χ1) is 9.72. The van der Waals surface area contributed by atoms with Gasteiger partial charge in [-0.1, -0.05) is 0 Å². The number of nitrogens with zero attached hydrogens (tertiary/aromatic N) is 3. The van der Waals surface area contributed by atoms with Gasteiger partial charge in [-0.05, 0) is 62.3 Å². The Balaban J connectivity index is 1.76. The van der Waals surface area contributed by atoms with E-state index in [0.717, 1.165) is 23.4 Å². The number of nitrogens with two attached hydrogens (primary N) is 1. The van der Waals surface area contributed by atoms with Crippen LogP contribution >= 0.6 is 0 Å².